The molecule has 8 nitrogen and oxygen atoms in total. The van der Waals surface area contributed by atoms with Crippen molar-refractivity contribution >= 4 is 35.0 Å². The minimum absolute atomic E-state index is 0.0285. The van der Waals surface area contributed by atoms with Crippen molar-refractivity contribution in [3.05, 3.63) is 28.2 Å². The maximum atomic E-state index is 12.8. The first-order chi connectivity index (χ1) is 12.7. The summed E-state index contributed by atoms with van der Waals surface area (Å²) in [7, 11) is 1.63. The van der Waals surface area contributed by atoms with E-state index in [1.165, 1.54) is 0 Å². The minimum atomic E-state index is -0.448. The highest BCUT2D eigenvalue weighted by Crippen LogP contribution is 2.38. The van der Waals surface area contributed by atoms with Gasteiger partial charge in [0.1, 0.15) is 17.5 Å². The zero-order valence-electron chi connectivity index (χ0n) is 16.0. The van der Waals surface area contributed by atoms with Crippen LogP contribution in [0.3, 0.4) is 0 Å². The minimum Gasteiger partial charge on any atom is -0.496 e. The molecule has 0 aromatic carbocycles. The number of rotatable bonds is 4. The van der Waals surface area contributed by atoms with Crippen LogP contribution in [0.5, 0.6) is 5.75 Å². The van der Waals surface area contributed by atoms with E-state index in [1.807, 2.05) is 32.6 Å². The van der Waals surface area contributed by atoms with Crippen molar-refractivity contribution < 1.29 is 9.53 Å². The van der Waals surface area contributed by atoms with Crippen LogP contribution in [0.4, 0.5) is 17.5 Å². The van der Waals surface area contributed by atoms with Crippen molar-refractivity contribution in [2.24, 2.45) is 5.92 Å². The van der Waals surface area contributed by atoms with Crippen molar-refractivity contribution in [3.8, 4) is 5.75 Å². The molecule has 0 radical (unpaired) electrons. The number of anilines is 3. The maximum Gasteiger partial charge on any atom is 0.247 e. The Labute approximate surface area is 163 Å². The summed E-state index contributed by atoms with van der Waals surface area (Å²) in [5.41, 5.74) is 8.83. The number of amides is 1. The highest BCUT2D eigenvalue weighted by Gasteiger charge is 2.38. The second-order valence-corrected chi connectivity index (χ2v) is 7.28. The lowest BCUT2D eigenvalue weighted by Crippen LogP contribution is -2.51. The van der Waals surface area contributed by atoms with E-state index in [2.05, 4.69) is 20.3 Å². The quantitative estimate of drug-likeness (QED) is 0.773. The fourth-order valence-corrected chi connectivity index (χ4v) is 3.67. The van der Waals surface area contributed by atoms with Gasteiger partial charge in [-0.25, -0.2) is 0 Å². The van der Waals surface area contributed by atoms with Crippen molar-refractivity contribution in [1.29, 1.82) is 0 Å². The summed E-state index contributed by atoms with van der Waals surface area (Å²) in [5.74, 6) is 1.19. The first kappa shape index (κ1) is 19.2. The monoisotopic (exact) mass is 390 g/mol. The van der Waals surface area contributed by atoms with E-state index >= 15 is 0 Å². The summed E-state index contributed by atoms with van der Waals surface area (Å²) in [4.78, 5) is 27.5. The lowest BCUT2D eigenvalue weighted by atomic mass is 9.98. The van der Waals surface area contributed by atoms with Crippen LogP contribution in [0.15, 0.2) is 6.20 Å². The molecule has 1 aliphatic heterocycles. The summed E-state index contributed by atoms with van der Waals surface area (Å²) in [6.07, 6.45) is 1.76. The van der Waals surface area contributed by atoms with Gasteiger partial charge in [0.05, 0.1) is 19.3 Å². The van der Waals surface area contributed by atoms with Crippen LogP contribution < -0.4 is 20.7 Å². The smallest absolute Gasteiger partial charge is 0.247 e. The van der Waals surface area contributed by atoms with E-state index < -0.39 is 6.04 Å². The number of nitrogen functional groups attached to an aromatic ring is 1. The molecule has 1 atom stereocenters. The predicted octanol–water partition coefficient (Wildman–Crippen LogP) is 2.72. The van der Waals surface area contributed by atoms with Crippen LogP contribution in [0.2, 0.25) is 5.15 Å². The van der Waals surface area contributed by atoms with Crippen molar-refractivity contribution in [2.45, 2.75) is 40.3 Å². The molecule has 0 unspecified atom stereocenters. The van der Waals surface area contributed by atoms with Gasteiger partial charge < -0.3 is 20.7 Å². The number of fused-ring (bicyclic) bond motifs is 1. The van der Waals surface area contributed by atoms with Gasteiger partial charge in [-0.3, -0.25) is 9.78 Å². The molecular weight excluding hydrogens is 368 g/mol. The molecule has 0 spiro atoms. The Bertz CT molecular complexity index is 902. The number of nitrogens with zero attached hydrogens (tertiary/aromatic N) is 4. The third-order valence-corrected chi connectivity index (χ3v) is 4.96. The number of aromatic nitrogens is 3. The van der Waals surface area contributed by atoms with Crippen LogP contribution in [-0.2, 0) is 11.3 Å². The molecule has 0 bridgehead atoms. The fourth-order valence-electron chi connectivity index (χ4n) is 3.45. The van der Waals surface area contributed by atoms with Gasteiger partial charge >= 0.3 is 0 Å². The van der Waals surface area contributed by atoms with Crippen LogP contribution in [0.1, 0.15) is 30.7 Å². The third kappa shape index (κ3) is 3.37. The van der Waals surface area contributed by atoms with Gasteiger partial charge in [0.25, 0.3) is 0 Å². The fraction of sp³-hybridized carbons (Fsp3) is 0.444. The Morgan fingerprint density at radius 2 is 2.07 bits per heavy atom. The van der Waals surface area contributed by atoms with Crippen LogP contribution >= 0.6 is 11.6 Å². The summed E-state index contributed by atoms with van der Waals surface area (Å²) in [5, 5.41) is 2.93. The maximum absolute atomic E-state index is 12.8. The average Bonchev–Trinajstić information content (AvgIpc) is 2.58. The Kier molecular flexibility index (Phi) is 5.10. The SMILES string of the molecule is COc1c(C)cnc(CN2c3nc(N)nc(Cl)c3NC(=O)[C@@H]2C(C)C)c1C. The molecule has 27 heavy (non-hydrogen) atoms. The highest BCUT2D eigenvalue weighted by molar-refractivity contribution is 6.33. The second kappa shape index (κ2) is 7.19. The Hall–Kier alpha value is -2.61. The van der Waals surface area contributed by atoms with Crippen molar-refractivity contribution in [3.63, 3.8) is 0 Å². The number of methoxy groups -OCH3 is 1. The summed E-state index contributed by atoms with van der Waals surface area (Å²) in [6, 6.07) is -0.448. The molecule has 0 saturated carbocycles. The first-order valence-corrected chi connectivity index (χ1v) is 9.02. The van der Waals surface area contributed by atoms with Gasteiger partial charge in [-0.1, -0.05) is 25.4 Å². The average molecular weight is 391 g/mol. The molecule has 1 amide bonds. The van der Waals surface area contributed by atoms with Crippen molar-refractivity contribution in [2.75, 3.05) is 23.1 Å². The Morgan fingerprint density at radius 1 is 1.37 bits per heavy atom. The van der Waals surface area contributed by atoms with Gasteiger partial charge in [-0.15, -0.1) is 0 Å². The molecule has 2 aromatic rings. The topological polar surface area (TPSA) is 106 Å². The van der Waals surface area contributed by atoms with E-state index in [9.17, 15) is 4.79 Å². The highest BCUT2D eigenvalue weighted by atomic mass is 35.5. The normalized spacial score (nSPS) is 16.3. The van der Waals surface area contributed by atoms with Gasteiger partial charge in [0.15, 0.2) is 11.0 Å². The summed E-state index contributed by atoms with van der Waals surface area (Å²) >= 11 is 6.20. The van der Waals surface area contributed by atoms with E-state index in [0.717, 1.165) is 22.6 Å². The number of hydrogen-bond donors (Lipinski definition) is 2. The molecule has 1 aliphatic rings. The molecule has 0 fully saturated rings. The van der Waals surface area contributed by atoms with Gasteiger partial charge in [0.2, 0.25) is 11.9 Å². The number of nitrogens with one attached hydrogen (secondary N) is 1. The predicted molar refractivity (Wildman–Crippen MR) is 105 cm³/mol. The number of nitrogens with two attached hydrogens (primary N) is 1. The number of hydrogen-bond acceptors (Lipinski definition) is 7. The first-order valence-electron chi connectivity index (χ1n) is 8.64. The molecule has 0 aliphatic carbocycles. The molecule has 144 valence electrons. The zero-order valence-corrected chi connectivity index (χ0v) is 16.8. The van der Waals surface area contributed by atoms with E-state index in [1.54, 1.807) is 13.3 Å². The molecule has 2 aromatic heterocycles. The van der Waals surface area contributed by atoms with E-state index in [0.29, 0.717) is 18.1 Å². The van der Waals surface area contributed by atoms with Gasteiger partial charge in [-0.05, 0) is 19.8 Å². The van der Waals surface area contributed by atoms with Gasteiger partial charge in [-0.2, -0.15) is 9.97 Å². The van der Waals surface area contributed by atoms with Crippen LogP contribution in [0.25, 0.3) is 0 Å². The molecule has 0 saturated heterocycles. The molecular formula is C18H23ClN6O2. The lowest BCUT2D eigenvalue weighted by molar-refractivity contribution is -0.118. The third-order valence-electron chi connectivity index (χ3n) is 4.69. The zero-order chi connectivity index (χ0) is 19.9. The van der Waals surface area contributed by atoms with Crippen LogP contribution in [-0.4, -0.2) is 34.0 Å². The number of carbonyl (C=O) groups excluding carboxylic acids is 1. The number of halogens is 1. The molecule has 3 heterocycles. The van der Waals surface area contributed by atoms with E-state index in [4.69, 9.17) is 22.1 Å². The number of carbonyl (C=O) groups is 1. The number of ether oxygens (including phenoxy) is 1. The summed E-state index contributed by atoms with van der Waals surface area (Å²) in [6.45, 7) is 8.20. The number of pyridine rings is 1. The Balaban J connectivity index is 2.13. The van der Waals surface area contributed by atoms with Crippen molar-refractivity contribution in [1.82, 2.24) is 15.0 Å². The molecule has 9 heteroatoms. The van der Waals surface area contributed by atoms with E-state index in [-0.39, 0.29) is 22.9 Å². The molecule has 3 rings (SSSR count). The van der Waals surface area contributed by atoms with Crippen LogP contribution in [0, 0.1) is 19.8 Å². The summed E-state index contributed by atoms with van der Waals surface area (Å²) < 4.78 is 5.50. The number of aryl methyl sites for hydroxylation is 1. The largest absolute Gasteiger partial charge is 0.496 e. The standard InChI is InChI=1S/C18H23ClN6O2/c1-8(2)13-17(26)22-12-15(19)23-18(20)24-16(12)25(13)7-11-10(4)14(27-5)9(3)6-21-11/h6,8,13H,7H2,1-5H3,(H,22,26)(H2,20,23,24)/t13-/m0/s1. The molecule has 3 N–H and O–H groups in total. The van der Waals surface area contributed by atoms with Gasteiger partial charge in [0, 0.05) is 17.3 Å². The lowest BCUT2D eigenvalue weighted by Gasteiger charge is -2.39. The Morgan fingerprint density at radius 3 is 2.70 bits per heavy atom. The second-order valence-electron chi connectivity index (χ2n) is 6.92.